The highest BCUT2D eigenvalue weighted by Crippen LogP contribution is 2.29. The van der Waals surface area contributed by atoms with E-state index in [9.17, 15) is 14.7 Å². The molecule has 2 saturated heterocycles. The Kier molecular flexibility index (Phi) is 3.45. The van der Waals surface area contributed by atoms with E-state index < -0.39 is 5.97 Å². The van der Waals surface area contributed by atoms with Gasteiger partial charge in [-0.05, 0) is 37.8 Å². The normalized spacial score (nSPS) is 24.2. The van der Waals surface area contributed by atoms with Crippen LogP contribution in [0.5, 0.6) is 0 Å². The number of aromatic carboxylic acids is 1. The van der Waals surface area contributed by atoms with Gasteiger partial charge < -0.3 is 14.7 Å². The molecular weight excluding hydrogens is 270 g/mol. The van der Waals surface area contributed by atoms with Gasteiger partial charge in [-0.15, -0.1) is 0 Å². The van der Waals surface area contributed by atoms with E-state index in [0.29, 0.717) is 29.8 Å². The van der Waals surface area contributed by atoms with Gasteiger partial charge in [-0.25, -0.2) is 4.79 Å². The van der Waals surface area contributed by atoms with Gasteiger partial charge in [0.2, 0.25) is 0 Å². The molecule has 2 bridgehead atoms. The topological polar surface area (TPSA) is 66.8 Å². The number of ether oxygens (including phenoxy) is 1. The molecule has 21 heavy (non-hydrogen) atoms. The molecule has 1 aromatic rings. The lowest BCUT2D eigenvalue weighted by atomic mass is 9.96. The summed E-state index contributed by atoms with van der Waals surface area (Å²) in [4.78, 5) is 26.1. The van der Waals surface area contributed by atoms with Gasteiger partial charge >= 0.3 is 5.97 Å². The Morgan fingerprint density at radius 3 is 2.14 bits per heavy atom. The quantitative estimate of drug-likeness (QED) is 0.904. The largest absolute Gasteiger partial charge is 0.478 e. The van der Waals surface area contributed by atoms with E-state index in [2.05, 4.69) is 0 Å². The van der Waals surface area contributed by atoms with Crippen molar-refractivity contribution >= 4 is 11.9 Å². The van der Waals surface area contributed by atoms with Crippen molar-refractivity contribution in [2.24, 2.45) is 0 Å². The molecule has 2 unspecified atom stereocenters. The van der Waals surface area contributed by atoms with Crippen LogP contribution in [0.2, 0.25) is 0 Å². The molecule has 2 atom stereocenters. The Balaban J connectivity index is 1.98. The van der Waals surface area contributed by atoms with Crippen molar-refractivity contribution < 1.29 is 19.4 Å². The molecule has 1 amide bonds. The van der Waals surface area contributed by atoms with Crippen LogP contribution in [0.1, 0.15) is 44.7 Å². The summed E-state index contributed by atoms with van der Waals surface area (Å²) in [5.74, 6) is -1.23. The molecule has 112 valence electrons. The van der Waals surface area contributed by atoms with Crippen LogP contribution in [0.15, 0.2) is 12.1 Å². The zero-order chi connectivity index (χ0) is 15.1. The second-order valence-electron chi connectivity index (χ2n) is 5.92. The molecule has 0 saturated carbocycles. The highest BCUT2D eigenvalue weighted by Gasteiger charge is 2.37. The standard InChI is InChI=1S/C16H19NO4/c1-9-3-4-10(2)14(16(19)20)13(9)15(18)17-7-11-5-6-12(8-17)21-11/h3-4,11-12H,5-8H2,1-2H3,(H,19,20). The smallest absolute Gasteiger partial charge is 0.336 e. The molecule has 2 aliphatic heterocycles. The zero-order valence-corrected chi connectivity index (χ0v) is 12.3. The first-order valence-electron chi connectivity index (χ1n) is 7.25. The second-order valence-corrected chi connectivity index (χ2v) is 5.92. The minimum atomic E-state index is -1.05. The average Bonchev–Trinajstić information content (AvgIpc) is 2.78. The number of hydrogen-bond acceptors (Lipinski definition) is 3. The molecule has 1 N–H and O–H groups in total. The van der Waals surface area contributed by atoms with E-state index in [1.165, 1.54) is 0 Å². The fourth-order valence-electron chi connectivity index (χ4n) is 3.30. The summed E-state index contributed by atoms with van der Waals surface area (Å²) in [6.45, 7) is 4.63. The van der Waals surface area contributed by atoms with Crippen molar-refractivity contribution in [1.29, 1.82) is 0 Å². The van der Waals surface area contributed by atoms with E-state index in [-0.39, 0.29) is 23.7 Å². The van der Waals surface area contributed by atoms with Crippen LogP contribution in [0, 0.1) is 13.8 Å². The Morgan fingerprint density at radius 1 is 1.10 bits per heavy atom. The fourth-order valence-corrected chi connectivity index (χ4v) is 3.30. The molecule has 5 nitrogen and oxygen atoms in total. The van der Waals surface area contributed by atoms with Crippen LogP contribution < -0.4 is 0 Å². The highest BCUT2D eigenvalue weighted by atomic mass is 16.5. The molecular formula is C16H19NO4. The minimum absolute atomic E-state index is 0.103. The summed E-state index contributed by atoms with van der Waals surface area (Å²) in [5.41, 5.74) is 1.78. The molecule has 0 aromatic heterocycles. The number of aryl methyl sites for hydroxylation is 2. The maximum Gasteiger partial charge on any atom is 0.336 e. The van der Waals surface area contributed by atoms with Crippen LogP contribution in [0.4, 0.5) is 0 Å². The number of morpholine rings is 1. The van der Waals surface area contributed by atoms with Crippen molar-refractivity contribution in [2.45, 2.75) is 38.9 Å². The molecule has 2 heterocycles. The fraction of sp³-hybridized carbons (Fsp3) is 0.500. The molecule has 0 aliphatic carbocycles. The first kappa shape index (κ1) is 14.1. The number of carboxylic acid groups (broad SMARTS) is 1. The lowest BCUT2D eigenvalue weighted by Crippen LogP contribution is -2.46. The summed E-state index contributed by atoms with van der Waals surface area (Å²) >= 11 is 0. The third-order valence-electron chi connectivity index (χ3n) is 4.38. The Hall–Kier alpha value is -1.88. The zero-order valence-electron chi connectivity index (χ0n) is 12.3. The van der Waals surface area contributed by atoms with E-state index in [4.69, 9.17) is 4.74 Å². The molecule has 0 radical (unpaired) electrons. The minimum Gasteiger partial charge on any atom is -0.478 e. The van der Waals surface area contributed by atoms with Gasteiger partial charge in [-0.1, -0.05) is 12.1 Å². The van der Waals surface area contributed by atoms with Gasteiger partial charge in [0.05, 0.1) is 23.3 Å². The van der Waals surface area contributed by atoms with Gasteiger partial charge in [-0.3, -0.25) is 4.79 Å². The van der Waals surface area contributed by atoms with E-state index >= 15 is 0 Å². The lowest BCUT2D eigenvalue weighted by molar-refractivity contribution is -0.0304. The van der Waals surface area contributed by atoms with Crippen molar-refractivity contribution in [1.82, 2.24) is 4.90 Å². The molecule has 1 aromatic carbocycles. The van der Waals surface area contributed by atoms with Crippen LogP contribution >= 0.6 is 0 Å². The predicted molar refractivity (Wildman–Crippen MR) is 76.7 cm³/mol. The van der Waals surface area contributed by atoms with Crippen molar-refractivity contribution in [3.8, 4) is 0 Å². The van der Waals surface area contributed by atoms with E-state index in [0.717, 1.165) is 12.8 Å². The first-order valence-corrected chi connectivity index (χ1v) is 7.25. The van der Waals surface area contributed by atoms with Crippen LogP contribution in [-0.2, 0) is 4.74 Å². The number of nitrogens with zero attached hydrogens (tertiary/aromatic N) is 1. The number of benzene rings is 1. The number of amides is 1. The first-order chi connectivity index (χ1) is 9.97. The lowest BCUT2D eigenvalue weighted by Gasteiger charge is -2.33. The third kappa shape index (κ3) is 2.42. The van der Waals surface area contributed by atoms with Crippen molar-refractivity contribution in [3.63, 3.8) is 0 Å². The monoisotopic (exact) mass is 289 g/mol. The summed E-state index contributed by atoms with van der Waals surface area (Å²) in [7, 11) is 0. The van der Waals surface area contributed by atoms with Gasteiger partial charge in [0, 0.05) is 13.1 Å². The maximum absolute atomic E-state index is 12.8. The predicted octanol–water partition coefficient (Wildman–Crippen LogP) is 2.01. The Labute approximate surface area is 123 Å². The number of rotatable bonds is 2. The van der Waals surface area contributed by atoms with Crippen molar-refractivity contribution in [2.75, 3.05) is 13.1 Å². The molecule has 2 fully saturated rings. The number of carbonyl (C=O) groups is 2. The van der Waals surface area contributed by atoms with Gasteiger partial charge in [0.1, 0.15) is 0 Å². The van der Waals surface area contributed by atoms with E-state index in [1.54, 1.807) is 24.8 Å². The number of hydrogen-bond donors (Lipinski definition) is 1. The highest BCUT2D eigenvalue weighted by molar-refractivity contribution is 6.06. The molecule has 2 aliphatic rings. The maximum atomic E-state index is 12.8. The molecule has 5 heteroatoms. The van der Waals surface area contributed by atoms with Gasteiger partial charge in [0.25, 0.3) is 5.91 Å². The van der Waals surface area contributed by atoms with Gasteiger partial charge in [0.15, 0.2) is 0 Å². The number of likely N-dealkylation sites (tertiary alicyclic amines) is 1. The number of carbonyl (C=O) groups excluding carboxylic acids is 1. The Bertz CT molecular complexity index is 599. The average molecular weight is 289 g/mol. The SMILES string of the molecule is Cc1ccc(C)c(C(=O)N2CC3CCC(C2)O3)c1C(=O)O. The molecule has 3 rings (SSSR count). The summed E-state index contributed by atoms with van der Waals surface area (Å²) in [5, 5.41) is 9.44. The second kappa shape index (κ2) is 5.15. The summed E-state index contributed by atoms with van der Waals surface area (Å²) < 4.78 is 5.73. The van der Waals surface area contributed by atoms with Crippen LogP contribution in [-0.4, -0.2) is 47.2 Å². The van der Waals surface area contributed by atoms with E-state index in [1.807, 2.05) is 6.07 Å². The number of carboxylic acids is 1. The molecule has 0 spiro atoms. The summed E-state index contributed by atoms with van der Waals surface area (Å²) in [6, 6.07) is 3.56. The van der Waals surface area contributed by atoms with Crippen LogP contribution in [0.3, 0.4) is 0 Å². The summed E-state index contributed by atoms with van der Waals surface area (Å²) in [6.07, 6.45) is 2.16. The Morgan fingerprint density at radius 2 is 1.62 bits per heavy atom. The number of fused-ring (bicyclic) bond motifs is 2. The third-order valence-corrected chi connectivity index (χ3v) is 4.38. The van der Waals surface area contributed by atoms with Gasteiger partial charge in [-0.2, -0.15) is 0 Å². The van der Waals surface area contributed by atoms with Crippen LogP contribution in [0.25, 0.3) is 0 Å². The van der Waals surface area contributed by atoms with Crippen molar-refractivity contribution in [3.05, 3.63) is 34.4 Å².